The van der Waals surface area contributed by atoms with Gasteiger partial charge in [0, 0.05) is 11.4 Å². The Morgan fingerprint density at radius 2 is 2.00 bits per heavy atom. The molecule has 0 radical (unpaired) electrons. The molecule has 0 saturated heterocycles. The highest BCUT2D eigenvalue weighted by molar-refractivity contribution is 7.81. The SMILES string of the molecule is C[C@H](NC(=O)C(S)Cc1ccccc1)C(=O)N1CCc2sccc2C1C(=O)O. The zero-order valence-corrected chi connectivity index (χ0v) is 17.1. The van der Waals surface area contributed by atoms with Crippen LogP contribution < -0.4 is 5.32 Å². The van der Waals surface area contributed by atoms with Crippen LogP contribution in [0, 0.1) is 0 Å². The summed E-state index contributed by atoms with van der Waals surface area (Å²) in [5, 5.41) is 13.6. The largest absolute Gasteiger partial charge is 0.479 e. The Balaban J connectivity index is 1.65. The molecule has 1 aromatic carbocycles. The molecular weight excluding hydrogens is 396 g/mol. The normalized spacial score (nSPS) is 18.1. The molecule has 1 aromatic heterocycles. The molecule has 28 heavy (non-hydrogen) atoms. The summed E-state index contributed by atoms with van der Waals surface area (Å²) in [6.45, 7) is 1.89. The second-order valence-electron chi connectivity index (χ2n) is 6.76. The number of hydrogen-bond acceptors (Lipinski definition) is 5. The van der Waals surface area contributed by atoms with E-state index in [1.807, 2.05) is 35.7 Å². The van der Waals surface area contributed by atoms with Crippen molar-refractivity contribution in [1.29, 1.82) is 0 Å². The predicted molar refractivity (Wildman–Crippen MR) is 111 cm³/mol. The third kappa shape index (κ3) is 4.39. The zero-order chi connectivity index (χ0) is 20.3. The Morgan fingerprint density at radius 1 is 1.29 bits per heavy atom. The second kappa shape index (κ2) is 8.79. The number of carbonyl (C=O) groups excluding carboxylic acids is 2. The van der Waals surface area contributed by atoms with E-state index in [9.17, 15) is 19.5 Å². The fraction of sp³-hybridized carbons (Fsp3) is 0.350. The summed E-state index contributed by atoms with van der Waals surface area (Å²) in [4.78, 5) is 39.5. The molecule has 2 amide bonds. The number of hydrogen-bond donors (Lipinski definition) is 3. The average Bonchev–Trinajstić information content (AvgIpc) is 3.15. The molecule has 2 unspecified atom stereocenters. The number of thiophene rings is 1. The number of nitrogens with one attached hydrogen (secondary N) is 1. The summed E-state index contributed by atoms with van der Waals surface area (Å²) >= 11 is 5.86. The quantitative estimate of drug-likeness (QED) is 0.629. The van der Waals surface area contributed by atoms with Gasteiger partial charge in [-0.2, -0.15) is 12.6 Å². The van der Waals surface area contributed by atoms with E-state index in [-0.39, 0.29) is 5.91 Å². The number of thiol groups is 1. The van der Waals surface area contributed by atoms with E-state index in [0.29, 0.717) is 24.9 Å². The minimum absolute atomic E-state index is 0.317. The third-order valence-corrected chi connectivity index (χ3v) is 6.20. The van der Waals surface area contributed by atoms with Gasteiger partial charge in [0.05, 0.1) is 5.25 Å². The molecule has 0 spiro atoms. The first kappa shape index (κ1) is 20.4. The van der Waals surface area contributed by atoms with Crippen molar-refractivity contribution in [3.63, 3.8) is 0 Å². The number of aliphatic carboxylic acids is 1. The molecule has 2 aromatic rings. The van der Waals surface area contributed by atoms with Gasteiger partial charge in [0.25, 0.3) is 0 Å². The molecule has 8 heteroatoms. The van der Waals surface area contributed by atoms with Crippen molar-refractivity contribution in [2.45, 2.75) is 37.1 Å². The van der Waals surface area contributed by atoms with Crippen LogP contribution in [0.4, 0.5) is 0 Å². The number of rotatable bonds is 6. The van der Waals surface area contributed by atoms with Crippen LogP contribution in [0.1, 0.15) is 29.0 Å². The Bertz CT molecular complexity index is 868. The van der Waals surface area contributed by atoms with Crippen LogP contribution in [0.25, 0.3) is 0 Å². The van der Waals surface area contributed by atoms with Gasteiger partial charge < -0.3 is 15.3 Å². The molecule has 6 nitrogen and oxygen atoms in total. The first-order valence-corrected chi connectivity index (χ1v) is 10.4. The van der Waals surface area contributed by atoms with Gasteiger partial charge >= 0.3 is 5.97 Å². The van der Waals surface area contributed by atoms with Gasteiger partial charge in [0.15, 0.2) is 6.04 Å². The van der Waals surface area contributed by atoms with E-state index < -0.39 is 29.2 Å². The van der Waals surface area contributed by atoms with E-state index in [0.717, 1.165) is 10.4 Å². The summed E-state index contributed by atoms with van der Waals surface area (Å²) in [5.74, 6) is -1.83. The monoisotopic (exact) mass is 418 g/mol. The van der Waals surface area contributed by atoms with Gasteiger partial charge in [-0.05, 0) is 42.3 Å². The fourth-order valence-electron chi connectivity index (χ4n) is 3.37. The lowest BCUT2D eigenvalue weighted by atomic mass is 9.99. The number of carbonyl (C=O) groups is 3. The van der Waals surface area contributed by atoms with Gasteiger partial charge in [-0.15, -0.1) is 11.3 Å². The highest BCUT2D eigenvalue weighted by atomic mass is 32.1. The van der Waals surface area contributed by atoms with Crippen molar-refractivity contribution in [1.82, 2.24) is 10.2 Å². The first-order chi connectivity index (χ1) is 13.4. The number of benzene rings is 1. The molecule has 148 valence electrons. The topological polar surface area (TPSA) is 86.7 Å². The van der Waals surface area contributed by atoms with Crippen molar-refractivity contribution >= 4 is 41.7 Å². The maximum atomic E-state index is 12.9. The summed E-state index contributed by atoms with van der Waals surface area (Å²) in [6, 6.07) is 9.41. The highest BCUT2D eigenvalue weighted by Crippen LogP contribution is 2.33. The zero-order valence-electron chi connectivity index (χ0n) is 15.4. The lowest BCUT2D eigenvalue weighted by Gasteiger charge is -2.35. The molecule has 0 bridgehead atoms. The third-order valence-electron chi connectivity index (χ3n) is 4.79. The predicted octanol–water partition coefficient (Wildman–Crippen LogP) is 2.30. The number of carboxylic acid groups (broad SMARTS) is 1. The lowest BCUT2D eigenvalue weighted by molar-refractivity contribution is -0.152. The molecule has 1 aliphatic rings. The number of nitrogens with zero attached hydrogens (tertiary/aromatic N) is 1. The minimum Gasteiger partial charge on any atom is -0.479 e. The summed E-state index contributed by atoms with van der Waals surface area (Å²) in [5.41, 5.74) is 1.63. The summed E-state index contributed by atoms with van der Waals surface area (Å²) < 4.78 is 0. The van der Waals surface area contributed by atoms with Crippen LogP contribution in [-0.4, -0.2) is 45.6 Å². The number of carboxylic acids is 1. The van der Waals surface area contributed by atoms with Crippen LogP contribution in [0.15, 0.2) is 41.8 Å². The Morgan fingerprint density at radius 3 is 2.68 bits per heavy atom. The molecule has 0 aliphatic carbocycles. The van der Waals surface area contributed by atoms with Crippen molar-refractivity contribution in [3.8, 4) is 0 Å². The molecule has 3 atom stereocenters. The van der Waals surface area contributed by atoms with E-state index >= 15 is 0 Å². The van der Waals surface area contributed by atoms with Crippen molar-refractivity contribution in [2.24, 2.45) is 0 Å². The van der Waals surface area contributed by atoms with Gasteiger partial charge in [-0.25, -0.2) is 4.79 Å². The number of fused-ring (bicyclic) bond motifs is 1. The molecule has 3 rings (SSSR count). The van der Waals surface area contributed by atoms with Crippen LogP contribution in [-0.2, 0) is 27.2 Å². The summed E-state index contributed by atoms with van der Waals surface area (Å²) in [7, 11) is 0. The number of amides is 2. The Kier molecular flexibility index (Phi) is 6.41. The van der Waals surface area contributed by atoms with E-state index in [4.69, 9.17) is 0 Å². The van der Waals surface area contributed by atoms with E-state index in [1.54, 1.807) is 13.0 Å². The van der Waals surface area contributed by atoms with Crippen LogP contribution in [0.3, 0.4) is 0 Å². The fourth-order valence-corrected chi connectivity index (χ4v) is 4.56. The van der Waals surface area contributed by atoms with Crippen LogP contribution in [0.5, 0.6) is 0 Å². The standard InChI is InChI=1S/C20H22N2O4S2/c1-12(21-18(23)15(27)11-13-5-3-2-4-6-13)19(24)22-9-7-16-14(8-10-28-16)17(22)20(25)26/h2-6,8,10,12,15,17,27H,7,9,11H2,1H3,(H,21,23)(H,25,26)/t12-,15?,17?/m0/s1. The molecular formula is C20H22N2O4S2. The molecule has 0 saturated carbocycles. The van der Waals surface area contributed by atoms with Crippen molar-refractivity contribution < 1.29 is 19.5 Å². The maximum Gasteiger partial charge on any atom is 0.331 e. The summed E-state index contributed by atoms with van der Waals surface area (Å²) in [6.07, 6.45) is 1.06. The lowest BCUT2D eigenvalue weighted by Crippen LogP contribution is -2.52. The van der Waals surface area contributed by atoms with E-state index in [2.05, 4.69) is 17.9 Å². The van der Waals surface area contributed by atoms with Gasteiger partial charge in [0.1, 0.15) is 6.04 Å². The van der Waals surface area contributed by atoms with Crippen LogP contribution >= 0.6 is 24.0 Å². The molecule has 1 aliphatic heterocycles. The van der Waals surface area contributed by atoms with E-state index in [1.165, 1.54) is 16.2 Å². The second-order valence-corrected chi connectivity index (χ2v) is 8.38. The first-order valence-electron chi connectivity index (χ1n) is 9.00. The average molecular weight is 419 g/mol. The Labute approximate surface area is 173 Å². The molecule has 2 N–H and O–H groups in total. The van der Waals surface area contributed by atoms with Gasteiger partial charge in [-0.3, -0.25) is 9.59 Å². The Hall–Kier alpha value is -2.32. The van der Waals surface area contributed by atoms with Crippen molar-refractivity contribution in [3.05, 3.63) is 57.8 Å². The van der Waals surface area contributed by atoms with Gasteiger partial charge in [0.2, 0.25) is 11.8 Å². The molecule has 2 heterocycles. The highest BCUT2D eigenvalue weighted by Gasteiger charge is 2.38. The smallest absolute Gasteiger partial charge is 0.331 e. The van der Waals surface area contributed by atoms with Gasteiger partial charge in [-0.1, -0.05) is 30.3 Å². The van der Waals surface area contributed by atoms with Crippen molar-refractivity contribution in [2.75, 3.05) is 6.54 Å². The molecule has 0 fully saturated rings. The van der Waals surface area contributed by atoms with Crippen LogP contribution in [0.2, 0.25) is 0 Å². The maximum absolute atomic E-state index is 12.9. The minimum atomic E-state index is -1.07.